The lowest BCUT2D eigenvalue weighted by atomic mass is 10.1. The number of hydrogen-bond acceptors (Lipinski definition) is 5. The van der Waals surface area contributed by atoms with Crippen LogP contribution in [0.25, 0.3) is 5.69 Å². The van der Waals surface area contributed by atoms with Crippen LogP contribution in [0.3, 0.4) is 0 Å². The highest BCUT2D eigenvalue weighted by Crippen LogP contribution is 2.28. The molecule has 0 atom stereocenters. The standard InChI is InChI=1S/C22H26ClN5OS/c1-3-8-27(9-4-2)12-15-13-30-20(26-15)10-17-19-11-24-22(29)21-16(23)6-5-7-18(21)28(19)14-25-17/h5-7,13-14H,3-4,8-12H2,1-2H3,(H,24,29). The van der Waals surface area contributed by atoms with E-state index in [9.17, 15) is 4.79 Å². The minimum Gasteiger partial charge on any atom is -0.346 e. The first kappa shape index (κ1) is 21.0. The van der Waals surface area contributed by atoms with Crippen molar-refractivity contribution in [1.29, 1.82) is 0 Å². The predicted octanol–water partition coefficient (Wildman–Crippen LogP) is 4.44. The second-order valence-electron chi connectivity index (χ2n) is 7.51. The molecular formula is C22H26ClN5OS. The second kappa shape index (κ2) is 9.29. The topological polar surface area (TPSA) is 63.1 Å². The number of benzene rings is 1. The molecule has 3 aromatic rings. The number of carbonyl (C=O) groups excluding carboxylic acids is 1. The first-order valence-corrected chi connectivity index (χ1v) is 11.6. The van der Waals surface area contributed by atoms with Crippen molar-refractivity contribution in [3.05, 3.63) is 62.6 Å². The van der Waals surface area contributed by atoms with E-state index < -0.39 is 0 Å². The fourth-order valence-electron chi connectivity index (χ4n) is 3.92. The molecule has 3 heterocycles. The van der Waals surface area contributed by atoms with E-state index in [4.69, 9.17) is 16.6 Å². The number of hydrogen-bond donors (Lipinski definition) is 1. The van der Waals surface area contributed by atoms with Crippen LogP contribution >= 0.6 is 22.9 Å². The minimum absolute atomic E-state index is 0.159. The van der Waals surface area contributed by atoms with Crippen LogP contribution in [0.2, 0.25) is 5.02 Å². The lowest BCUT2D eigenvalue weighted by Crippen LogP contribution is -2.25. The number of thiazole rings is 1. The van der Waals surface area contributed by atoms with Gasteiger partial charge in [-0.3, -0.25) is 9.69 Å². The van der Waals surface area contributed by atoms with Gasteiger partial charge in [0.25, 0.3) is 5.91 Å². The third kappa shape index (κ3) is 4.29. The third-order valence-corrected chi connectivity index (χ3v) is 6.44. The number of nitrogens with zero attached hydrogens (tertiary/aromatic N) is 4. The molecule has 0 bridgehead atoms. The molecule has 30 heavy (non-hydrogen) atoms. The fraction of sp³-hybridized carbons (Fsp3) is 0.409. The molecule has 0 radical (unpaired) electrons. The van der Waals surface area contributed by atoms with Gasteiger partial charge in [-0.05, 0) is 38.1 Å². The van der Waals surface area contributed by atoms with E-state index in [0.29, 0.717) is 23.6 Å². The Bertz CT molecular complexity index is 1040. The summed E-state index contributed by atoms with van der Waals surface area (Å²) in [5.41, 5.74) is 4.28. The van der Waals surface area contributed by atoms with E-state index in [2.05, 4.69) is 34.4 Å². The maximum absolute atomic E-state index is 12.5. The molecule has 1 amide bonds. The summed E-state index contributed by atoms with van der Waals surface area (Å²) in [5, 5.41) is 6.60. The van der Waals surface area contributed by atoms with Crippen LogP contribution in [-0.2, 0) is 19.5 Å². The number of halogens is 1. The van der Waals surface area contributed by atoms with Crippen LogP contribution in [-0.4, -0.2) is 38.4 Å². The largest absolute Gasteiger partial charge is 0.346 e. The van der Waals surface area contributed by atoms with E-state index in [1.807, 2.05) is 16.7 Å². The lowest BCUT2D eigenvalue weighted by molar-refractivity contribution is 0.0953. The molecule has 0 unspecified atom stereocenters. The predicted molar refractivity (Wildman–Crippen MR) is 121 cm³/mol. The summed E-state index contributed by atoms with van der Waals surface area (Å²) in [6.45, 7) is 7.92. The van der Waals surface area contributed by atoms with E-state index in [-0.39, 0.29) is 5.91 Å². The quantitative estimate of drug-likeness (QED) is 0.559. The average molecular weight is 444 g/mol. The Morgan fingerprint density at radius 3 is 2.83 bits per heavy atom. The van der Waals surface area contributed by atoms with Gasteiger partial charge in [0.1, 0.15) is 0 Å². The van der Waals surface area contributed by atoms with Gasteiger partial charge in [0.15, 0.2) is 0 Å². The Balaban J connectivity index is 1.56. The number of carbonyl (C=O) groups is 1. The number of fused-ring (bicyclic) bond motifs is 3. The smallest absolute Gasteiger partial charge is 0.255 e. The maximum Gasteiger partial charge on any atom is 0.255 e. The Morgan fingerprint density at radius 2 is 2.07 bits per heavy atom. The molecule has 6 nitrogen and oxygen atoms in total. The van der Waals surface area contributed by atoms with E-state index in [0.717, 1.165) is 60.3 Å². The van der Waals surface area contributed by atoms with Crippen molar-refractivity contribution < 1.29 is 4.79 Å². The summed E-state index contributed by atoms with van der Waals surface area (Å²) in [4.78, 5) is 24.5. The van der Waals surface area contributed by atoms with Crippen molar-refractivity contribution in [3.8, 4) is 5.69 Å². The summed E-state index contributed by atoms with van der Waals surface area (Å²) in [6.07, 6.45) is 4.73. The van der Waals surface area contributed by atoms with E-state index in [1.54, 1.807) is 23.7 Å². The monoisotopic (exact) mass is 443 g/mol. The zero-order valence-corrected chi connectivity index (χ0v) is 18.9. The fourth-order valence-corrected chi connectivity index (χ4v) is 4.97. The van der Waals surface area contributed by atoms with Gasteiger partial charge < -0.3 is 9.88 Å². The van der Waals surface area contributed by atoms with Crippen molar-refractivity contribution in [2.45, 2.75) is 46.2 Å². The zero-order chi connectivity index (χ0) is 21.1. The number of amides is 1. The second-order valence-corrected chi connectivity index (χ2v) is 8.86. The number of nitrogens with one attached hydrogen (secondary N) is 1. The van der Waals surface area contributed by atoms with Gasteiger partial charge in [0, 0.05) is 18.3 Å². The molecule has 1 aliphatic heterocycles. The average Bonchev–Trinajstić information content (AvgIpc) is 3.29. The molecule has 2 aromatic heterocycles. The molecule has 1 N–H and O–H groups in total. The molecule has 0 aliphatic carbocycles. The Kier molecular flexibility index (Phi) is 6.51. The summed E-state index contributed by atoms with van der Waals surface area (Å²) in [6, 6.07) is 5.49. The van der Waals surface area contributed by atoms with Gasteiger partial charge in [0.05, 0.1) is 51.2 Å². The molecule has 0 saturated carbocycles. The van der Waals surface area contributed by atoms with Crippen LogP contribution in [0.4, 0.5) is 0 Å². The first-order valence-electron chi connectivity index (χ1n) is 10.4. The Hall–Kier alpha value is -2.22. The molecule has 1 aromatic carbocycles. The van der Waals surface area contributed by atoms with Gasteiger partial charge in [-0.25, -0.2) is 9.97 Å². The number of aromatic nitrogens is 3. The highest BCUT2D eigenvalue weighted by Gasteiger charge is 2.24. The summed E-state index contributed by atoms with van der Waals surface area (Å²) in [7, 11) is 0. The zero-order valence-electron chi connectivity index (χ0n) is 17.3. The van der Waals surface area contributed by atoms with Crippen LogP contribution in [0, 0.1) is 0 Å². The molecule has 0 spiro atoms. The van der Waals surface area contributed by atoms with Gasteiger partial charge >= 0.3 is 0 Å². The lowest BCUT2D eigenvalue weighted by Gasteiger charge is -2.19. The molecular weight excluding hydrogens is 418 g/mol. The van der Waals surface area contributed by atoms with Crippen LogP contribution in [0.5, 0.6) is 0 Å². The normalized spacial score (nSPS) is 13.1. The third-order valence-electron chi connectivity index (χ3n) is 5.23. The SMILES string of the molecule is CCCN(CCC)Cc1csc(Cc2ncn3c2CNC(=O)c2c(Cl)cccc2-3)n1. The maximum atomic E-state index is 12.5. The summed E-state index contributed by atoms with van der Waals surface area (Å²) >= 11 is 7.97. The van der Waals surface area contributed by atoms with Crippen LogP contribution < -0.4 is 5.32 Å². The number of rotatable bonds is 8. The van der Waals surface area contributed by atoms with Gasteiger partial charge in [-0.1, -0.05) is 31.5 Å². The molecule has 4 rings (SSSR count). The highest BCUT2D eigenvalue weighted by atomic mass is 35.5. The van der Waals surface area contributed by atoms with Crippen molar-refractivity contribution in [1.82, 2.24) is 24.8 Å². The summed E-state index contributed by atoms with van der Waals surface area (Å²) in [5.74, 6) is -0.159. The van der Waals surface area contributed by atoms with Gasteiger partial charge in [0.2, 0.25) is 0 Å². The first-order chi connectivity index (χ1) is 14.6. The molecule has 8 heteroatoms. The highest BCUT2D eigenvalue weighted by molar-refractivity contribution is 7.09. The Labute approximate surface area is 185 Å². The minimum atomic E-state index is -0.159. The van der Waals surface area contributed by atoms with Crippen LogP contribution in [0.15, 0.2) is 29.9 Å². The molecule has 0 fully saturated rings. The van der Waals surface area contributed by atoms with Crippen LogP contribution in [0.1, 0.15) is 59.1 Å². The number of imidazole rings is 1. The van der Waals surface area contributed by atoms with Crippen molar-refractivity contribution in [2.75, 3.05) is 13.1 Å². The van der Waals surface area contributed by atoms with Gasteiger partial charge in [-0.2, -0.15) is 0 Å². The van der Waals surface area contributed by atoms with E-state index >= 15 is 0 Å². The summed E-state index contributed by atoms with van der Waals surface area (Å²) < 4.78 is 1.97. The Morgan fingerprint density at radius 1 is 1.27 bits per heavy atom. The van der Waals surface area contributed by atoms with Gasteiger partial charge in [-0.15, -0.1) is 11.3 Å². The molecule has 0 saturated heterocycles. The van der Waals surface area contributed by atoms with E-state index in [1.165, 1.54) is 0 Å². The van der Waals surface area contributed by atoms with Crippen molar-refractivity contribution >= 4 is 28.8 Å². The van der Waals surface area contributed by atoms with Crippen molar-refractivity contribution in [3.63, 3.8) is 0 Å². The molecule has 1 aliphatic rings. The molecule has 158 valence electrons. The van der Waals surface area contributed by atoms with Crippen molar-refractivity contribution in [2.24, 2.45) is 0 Å².